The quantitative estimate of drug-likeness (QED) is 0.237. The molecule has 0 N–H and O–H groups in total. The van der Waals surface area contributed by atoms with Crippen LogP contribution in [-0.2, 0) is 0 Å². The summed E-state index contributed by atoms with van der Waals surface area (Å²) in [5, 5.41) is 1.19. The number of halogens is 1. The Hall–Kier alpha value is 1.25. The Morgan fingerprint density at radius 2 is 0.824 bits per heavy atom. The fourth-order valence-corrected chi connectivity index (χ4v) is 2.51. The van der Waals surface area contributed by atoms with Crippen LogP contribution in [0.25, 0.3) is 0 Å². The Balaban J connectivity index is 0. The number of hydrogen-bond donors (Lipinski definition) is 0. The molecule has 0 unspecified atom stereocenters. The maximum absolute atomic E-state index is 3.48. The summed E-state index contributed by atoms with van der Waals surface area (Å²) < 4.78 is 0. The van der Waals surface area contributed by atoms with Gasteiger partial charge in [0.1, 0.15) is 0 Å². The minimum absolute atomic E-state index is 0. The second-order valence-corrected chi connectivity index (χ2v) is 5.72. The van der Waals surface area contributed by atoms with Crippen LogP contribution in [0.4, 0.5) is 0 Å². The normalized spacial score (nSPS) is 10.2. The highest BCUT2D eigenvalue weighted by Gasteiger charge is 1.92. The SMILES string of the molecule is CCCCCCCCCCCCCCCBr.[MgH2]. The summed E-state index contributed by atoms with van der Waals surface area (Å²) in [5.74, 6) is 0. The van der Waals surface area contributed by atoms with E-state index in [1.54, 1.807) is 0 Å². The number of hydrogen-bond acceptors (Lipinski definition) is 0. The molecule has 0 rings (SSSR count). The summed E-state index contributed by atoms with van der Waals surface area (Å²) in [5.41, 5.74) is 0. The zero-order valence-electron chi connectivity index (χ0n) is 11.3. The molecule has 0 atom stereocenters. The molecule has 0 bridgehead atoms. The van der Waals surface area contributed by atoms with Crippen LogP contribution in [0.5, 0.6) is 0 Å². The molecule has 0 aromatic rings. The Labute approximate surface area is 134 Å². The highest BCUT2D eigenvalue weighted by atomic mass is 79.9. The molecule has 0 aromatic heterocycles. The van der Waals surface area contributed by atoms with Gasteiger partial charge in [0.05, 0.1) is 0 Å². The van der Waals surface area contributed by atoms with E-state index in [-0.39, 0.29) is 23.1 Å². The summed E-state index contributed by atoms with van der Waals surface area (Å²) >= 11 is 3.48. The van der Waals surface area contributed by atoms with E-state index < -0.39 is 0 Å². The van der Waals surface area contributed by atoms with Crippen LogP contribution in [0.2, 0.25) is 0 Å². The summed E-state index contributed by atoms with van der Waals surface area (Å²) in [6.45, 7) is 2.29. The van der Waals surface area contributed by atoms with E-state index >= 15 is 0 Å². The number of alkyl halides is 1. The predicted molar refractivity (Wildman–Crippen MR) is 88.0 cm³/mol. The standard InChI is InChI=1S/C15H31Br.Mg.2H/c1-2-3-4-5-6-7-8-9-10-11-12-13-14-15-16;;;/h2-15H2,1H3;;;. The van der Waals surface area contributed by atoms with Crippen LogP contribution < -0.4 is 0 Å². The van der Waals surface area contributed by atoms with E-state index in [1.807, 2.05) is 0 Å². The van der Waals surface area contributed by atoms with Crippen molar-refractivity contribution in [2.24, 2.45) is 0 Å². The predicted octanol–water partition coefficient (Wildman–Crippen LogP) is 5.56. The first-order valence-corrected chi connectivity index (χ1v) is 8.60. The highest BCUT2D eigenvalue weighted by molar-refractivity contribution is 9.09. The van der Waals surface area contributed by atoms with E-state index in [0.29, 0.717) is 0 Å². The topological polar surface area (TPSA) is 0 Å². The first-order valence-electron chi connectivity index (χ1n) is 7.47. The molecule has 17 heavy (non-hydrogen) atoms. The van der Waals surface area contributed by atoms with Gasteiger partial charge in [-0.05, 0) is 6.42 Å². The van der Waals surface area contributed by atoms with E-state index in [0.717, 1.165) is 0 Å². The molecule has 0 spiro atoms. The van der Waals surface area contributed by atoms with Gasteiger partial charge >= 0.3 is 23.1 Å². The van der Waals surface area contributed by atoms with E-state index in [2.05, 4.69) is 22.9 Å². The molecule has 0 saturated carbocycles. The molecule has 0 fully saturated rings. The van der Waals surface area contributed by atoms with Crippen molar-refractivity contribution in [3.63, 3.8) is 0 Å². The molecular weight excluding hydrogens is 284 g/mol. The lowest BCUT2D eigenvalue weighted by Crippen LogP contribution is -1.83. The molecule has 0 aromatic carbocycles. The summed E-state index contributed by atoms with van der Waals surface area (Å²) in [6, 6.07) is 0. The molecule has 0 aliphatic rings. The van der Waals surface area contributed by atoms with E-state index in [9.17, 15) is 0 Å². The van der Waals surface area contributed by atoms with Crippen molar-refractivity contribution in [2.75, 3.05) is 5.33 Å². The van der Waals surface area contributed by atoms with Crippen molar-refractivity contribution in [3.8, 4) is 0 Å². The molecule has 0 aliphatic heterocycles. The van der Waals surface area contributed by atoms with Gasteiger partial charge in [0.25, 0.3) is 0 Å². The summed E-state index contributed by atoms with van der Waals surface area (Å²) in [6.07, 6.45) is 18.8. The highest BCUT2D eigenvalue weighted by Crippen LogP contribution is 2.12. The molecule has 0 radical (unpaired) electrons. The Kier molecular flexibility index (Phi) is 23.7. The molecule has 0 aliphatic carbocycles. The first-order chi connectivity index (χ1) is 7.91. The number of rotatable bonds is 13. The molecule has 0 heterocycles. The van der Waals surface area contributed by atoms with E-state index in [4.69, 9.17) is 0 Å². The Morgan fingerprint density at radius 1 is 0.529 bits per heavy atom. The van der Waals surface area contributed by atoms with Crippen LogP contribution in [-0.4, -0.2) is 28.4 Å². The largest absolute Gasteiger partial charge is 0.316 e. The smallest absolute Gasteiger partial charge is 0.0928 e. The third-order valence-corrected chi connectivity index (χ3v) is 3.80. The van der Waals surface area contributed by atoms with Crippen LogP contribution >= 0.6 is 15.9 Å². The molecule has 0 amide bonds. The van der Waals surface area contributed by atoms with Gasteiger partial charge in [-0.2, -0.15) is 0 Å². The van der Waals surface area contributed by atoms with Gasteiger partial charge < -0.3 is 0 Å². The van der Waals surface area contributed by atoms with Crippen molar-refractivity contribution in [2.45, 2.75) is 90.4 Å². The molecule has 2 heteroatoms. The summed E-state index contributed by atoms with van der Waals surface area (Å²) in [7, 11) is 0. The van der Waals surface area contributed by atoms with Crippen LogP contribution in [0.3, 0.4) is 0 Å². The third kappa shape index (κ3) is 19.8. The monoisotopic (exact) mass is 316 g/mol. The molecule has 0 nitrogen and oxygen atoms in total. The van der Waals surface area contributed by atoms with Crippen molar-refractivity contribution in [3.05, 3.63) is 0 Å². The number of unbranched alkanes of at least 4 members (excludes halogenated alkanes) is 12. The molecular formula is C15H33BrMg. The van der Waals surface area contributed by atoms with E-state index in [1.165, 1.54) is 88.8 Å². The molecule has 0 saturated heterocycles. The Morgan fingerprint density at radius 3 is 1.12 bits per heavy atom. The fraction of sp³-hybridized carbons (Fsp3) is 1.00. The first kappa shape index (κ1) is 20.6. The van der Waals surface area contributed by atoms with Gasteiger partial charge in [-0.15, -0.1) is 0 Å². The van der Waals surface area contributed by atoms with Crippen molar-refractivity contribution in [1.82, 2.24) is 0 Å². The fourth-order valence-electron chi connectivity index (χ4n) is 2.11. The van der Waals surface area contributed by atoms with Gasteiger partial charge in [-0.3, -0.25) is 0 Å². The zero-order chi connectivity index (χ0) is 11.9. The maximum Gasteiger partial charge on any atom is 0.316 e. The van der Waals surface area contributed by atoms with Crippen molar-refractivity contribution < 1.29 is 0 Å². The van der Waals surface area contributed by atoms with Gasteiger partial charge in [0.2, 0.25) is 0 Å². The van der Waals surface area contributed by atoms with Gasteiger partial charge in [0.15, 0.2) is 0 Å². The lowest BCUT2D eigenvalue weighted by Gasteiger charge is -2.02. The average molecular weight is 318 g/mol. The molecule has 102 valence electrons. The van der Waals surface area contributed by atoms with Crippen molar-refractivity contribution >= 4 is 39.0 Å². The Bertz CT molecular complexity index is 103. The van der Waals surface area contributed by atoms with Gasteiger partial charge in [-0.25, -0.2) is 0 Å². The van der Waals surface area contributed by atoms with Crippen LogP contribution in [0, 0.1) is 0 Å². The lowest BCUT2D eigenvalue weighted by molar-refractivity contribution is 0.543. The summed E-state index contributed by atoms with van der Waals surface area (Å²) in [4.78, 5) is 0. The van der Waals surface area contributed by atoms with Gasteiger partial charge in [0, 0.05) is 5.33 Å². The average Bonchev–Trinajstić information content (AvgIpc) is 2.31. The van der Waals surface area contributed by atoms with Crippen LogP contribution in [0.15, 0.2) is 0 Å². The lowest BCUT2D eigenvalue weighted by atomic mass is 10.1. The zero-order valence-corrected chi connectivity index (χ0v) is 12.9. The second kappa shape index (κ2) is 19.6. The minimum atomic E-state index is 0. The van der Waals surface area contributed by atoms with Crippen molar-refractivity contribution in [1.29, 1.82) is 0 Å². The van der Waals surface area contributed by atoms with Gasteiger partial charge in [-0.1, -0.05) is 99.9 Å². The second-order valence-electron chi connectivity index (χ2n) is 4.93. The van der Waals surface area contributed by atoms with Crippen LogP contribution in [0.1, 0.15) is 90.4 Å². The third-order valence-electron chi connectivity index (χ3n) is 3.24. The maximum atomic E-state index is 3.48. The minimum Gasteiger partial charge on any atom is -0.0928 e.